The van der Waals surface area contributed by atoms with Crippen LogP contribution in [0.4, 0.5) is 13.2 Å². The molecular formula is C25H25F3N4O5. The highest BCUT2D eigenvalue weighted by Crippen LogP contribution is 2.30. The zero-order valence-electron chi connectivity index (χ0n) is 19.7. The largest absolute Gasteiger partial charge is 0.443 e. The molecule has 0 aromatic heterocycles. The summed E-state index contributed by atoms with van der Waals surface area (Å²) in [6.45, 7) is -0.311. The number of nitrogens with two attached hydrogens (primary N) is 1. The van der Waals surface area contributed by atoms with Crippen molar-refractivity contribution in [3.63, 3.8) is 0 Å². The Morgan fingerprint density at radius 2 is 1.86 bits per heavy atom. The van der Waals surface area contributed by atoms with Gasteiger partial charge in [0.15, 0.2) is 6.73 Å². The van der Waals surface area contributed by atoms with Crippen molar-refractivity contribution in [3.05, 3.63) is 70.5 Å². The molecule has 1 unspecified atom stereocenters. The molecule has 0 aliphatic carbocycles. The van der Waals surface area contributed by atoms with Crippen LogP contribution in [-0.4, -0.2) is 59.4 Å². The van der Waals surface area contributed by atoms with E-state index in [4.69, 9.17) is 10.5 Å². The summed E-state index contributed by atoms with van der Waals surface area (Å²) in [4.78, 5) is 51.7. The lowest BCUT2D eigenvalue weighted by molar-refractivity contribution is -0.154. The van der Waals surface area contributed by atoms with Gasteiger partial charge in [-0.2, -0.15) is 8.78 Å². The molecule has 3 amide bonds. The molecule has 2 aromatic carbocycles. The summed E-state index contributed by atoms with van der Waals surface area (Å²) >= 11 is 0. The Morgan fingerprint density at radius 3 is 2.57 bits per heavy atom. The number of alkyl halides is 2. The van der Waals surface area contributed by atoms with Crippen molar-refractivity contribution in [1.29, 1.82) is 0 Å². The first-order chi connectivity index (χ1) is 17.6. The molecule has 3 N–H and O–H groups in total. The number of nitrogens with one attached hydrogen (secondary N) is 1. The van der Waals surface area contributed by atoms with E-state index in [0.29, 0.717) is 23.1 Å². The first-order valence-corrected chi connectivity index (χ1v) is 11.6. The van der Waals surface area contributed by atoms with Gasteiger partial charge in [0.1, 0.15) is 5.82 Å². The monoisotopic (exact) mass is 518 g/mol. The van der Waals surface area contributed by atoms with Crippen LogP contribution in [0.1, 0.15) is 39.9 Å². The van der Waals surface area contributed by atoms with Crippen molar-refractivity contribution >= 4 is 23.7 Å². The van der Waals surface area contributed by atoms with Gasteiger partial charge < -0.3 is 25.6 Å². The maximum absolute atomic E-state index is 14.4. The minimum absolute atomic E-state index is 0.185. The predicted octanol–water partition coefficient (Wildman–Crippen LogP) is 1.64. The molecule has 2 aliphatic heterocycles. The molecule has 1 saturated heterocycles. The maximum Gasteiger partial charge on any atom is 0.349 e. The van der Waals surface area contributed by atoms with Crippen molar-refractivity contribution in [1.82, 2.24) is 15.1 Å². The van der Waals surface area contributed by atoms with Crippen LogP contribution in [0, 0.1) is 5.82 Å². The van der Waals surface area contributed by atoms with Crippen molar-refractivity contribution in [2.24, 2.45) is 5.73 Å². The van der Waals surface area contributed by atoms with Gasteiger partial charge in [0.25, 0.3) is 11.8 Å². The fourth-order valence-electron chi connectivity index (χ4n) is 4.37. The van der Waals surface area contributed by atoms with E-state index >= 15 is 0 Å². The van der Waals surface area contributed by atoms with E-state index in [9.17, 15) is 32.3 Å². The van der Waals surface area contributed by atoms with Crippen molar-refractivity contribution in [3.8, 4) is 0 Å². The summed E-state index contributed by atoms with van der Waals surface area (Å²) in [5.41, 5.74) is 6.22. The average Bonchev–Trinajstić information content (AvgIpc) is 3.22. The Kier molecular flexibility index (Phi) is 7.48. The molecule has 12 heteroatoms. The molecule has 1 fully saturated rings. The van der Waals surface area contributed by atoms with Gasteiger partial charge in [-0.3, -0.25) is 19.2 Å². The van der Waals surface area contributed by atoms with Gasteiger partial charge in [-0.1, -0.05) is 12.1 Å². The molecule has 2 aliphatic rings. The van der Waals surface area contributed by atoms with Gasteiger partial charge in [-0.05, 0) is 47.9 Å². The van der Waals surface area contributed by atoms with Crippen molar-refractivity contribution in [2.45, 2.75) is 37.9 Å². The third-order valence-corrected chi connectivity index (χ3v) is 6.41. The van der Waals surface area contributed by atoms with Crippen LogP contribution in [0.5, 0.6) is 0 Å². The van der Waals surface area contributed by atoms with E-state index in [1.807, 2.05) is 0 Å². The van der Waals surface area contributed by atoms with Crippen LogP contribution in [0.15, 0.2) is 42.5 Å². The lowest BCUT2D eigenvalue weighted by Crippen LogP contribution is -2.51. The summed E-state index contributed by atoms with van der Waals surface area (Å²) in [7, 11) is 0. The van der Waals surface area contributed by atoms with Crippen LogP contribution in [0.3, 0.4) is 0 Å². The number of carbonyl (C=O) groups is 4. The minimum Gasteiger partial charge on any atom is -0.443 e. The SMILES string of the molecule is NCC(=O)OCN1CC(N2Cc3cc(CNC(=O)C(F)(F)c4ccc(F)cc4)ccc3C2=O)CCC1=O. The fraction of sp³-hybridized carbons (Fsp3) is 0.360. The molecule has 37 heavy (non-hydrogen) atoms. The van der Waals surface area contributed by atoms with Crippen molar-refractivity contribution in [2.75, 3.05) is 19.8 Å². The van der Waals surface area contributed by atoms with E-state index < -0.39 is 29.2 Å². The number of hydrogen-bond acceptors (Lipinski definition) is 6. The van der Waals surface area contributed by atoms with E-state index in [1.165, 1.54) is 4.90 Å². The number of piperidine rings is 1. The van der Waals surface area contributed by atoms with E-state index in [-0.39, 0.29) is 57.2 Å². The lowest BCUT2D eigenvalue weighted by Gasteiger charge is -2.36. The van der Waals surface area contributed by atoms with Gasteiger partial charge in [-0.25, -0.2) is 4.39 Å². The lowest BCUT2D eigenvalue weighted by atomic mass is 10.0. The summed E-state index contributed by atoms with van der Waals surface area (Å²) in [5.74, 6) is -7.13. The Hall–Kier alpha value is -3.93. The summed E-state index contributed by atoms with van der Waals surface area (Å²) < 4.78 is 46.9. The number of benzene rings is 2. The third-order valence-electron chi connectivity index (χ3n) is 6.41. The van der Waals surface area contributed by atoms with E-state index in [0.717, 1.165) is 24.3 Å². The minimum atomic E-state index is -3.85. The summed E-state index contributed by atoms with van der Waals surface area (Å²) in [6, 6.07) is 7.93. The smallest absolute Gasteiger partial charge is 0.349 e. The summed E-state index contributed by atoms with van der Waals surface area (Å²) in [6.07, 6.45) is 0.631. The fourth-order valence-corrected chi connectivity index (χ4v) is 4.37. The highest BCUT2D eigenvalue weighted by Gasteiger charge is 2.41. The molecule has 0 saturated carbocycles. The molecule has 1 atom stereocenters. The maximum atomic E-state index is 14.4. The molecule has 4 rings (SSSR count). The number of likely N-dealkylation sites (tertiary alicyclic amines) is 1. The van der Waals surface area contributed by atoms with Crippen LogP contribution in [0.2, 0.25) is 0 Å². The van der Waals surface area contributed by atoms with Gasteiger partial charge in [-0.15, -0.1) is 0 Å². The van der Waals surface area contributed by atoms with Crippen LogP contribution >= 0.6 is 0 Å². The number of rotatable bonds is 8. The second-order valence-electron chi connectivity index (χ2n) is 8.85. The zero-order chi connectivity index (χ0) is 26.7. The number of carbonyl (C=O) groups excluding carboxylic acids is 4. The van der Waals surface area contributed by atoms with E-state index in [1.54, 1.807) is 23.1 Å². The van der Waals surface area contributed by atoms with Crippen molar-refractivity contribution < 1.29 is 37.1 Å². The number of fused-ring (bicyclic) bond motifs is 1. The summed E-state index contributed by atoms with van der Waals surface area (Å²) in [5, 5.41) is 2.19. The average molecular weight is 518 g/mol. The van der Waals surface area contributed by atoms with Gasteiger partial charge in [0.05, 0.1) is 12.6 Å². The second-order valence-corrected chi connectivity index (χ2v) is 8.85. The Bertz CT molecular complexity index is 1220. The highest BCUT2D eigenvalue weighted by molar-refractivity contribution is 5.98. The Morgan fingerprint density at radius 1 is 1.14 bits per heavy atom. The second kappa shape index (κ2) is 10.6. The topological polar surface area (TPSA) is 122 Å². The molecule has 2 heterocycles. The van der Waals surface area contributed by atoms with Crippen LogP contribution < -0.4 is 11.1 Å². The van der Waals surface area contributed by atoms with Gasteiger partial charge in [0, 0.05) is 37.2 Å². The van der Waals surface area contributed by atoms with Gasteiger partial charge in [0.2, 0.25) is 5.91 Å². The highest BCUT2D eigenvalue weighted by atomic mass is 19.3. The predicted molar refractivity (Wildman–Crippen MR) is 123 cm³/mol. The molecule has 0 bridgehead atoms. The number of esters is 1. The van der Waals surface area contributed by atoms with Crippen LogP contribution in [-0.2, 0) is 38.1 Å². The quantitative estimate of drug-likeness (QED) is 0.513. The standard InChI is InChI=1S/C25H25F3N4O5/c26-18-4-2-17(3-5-18)25(27,28)24(36)30-11-15-1-7-20-16(9-15)12-32(23(20)35)19-6-8-21(33)31(13-19)14-37-22(34)10-29/h1-5,7,9,19H,6,8,10-14,29H2,(H,30,36). The molecule has 196 valence electrons. The normalized spacial score (nSPS) is 17.6. The number of amides is 3. The molecular weight excluding hydrogens is 493 g/mol. The number of hydrogen-bond donors (Lipinski definition) is 2. The Labute approximate surface area is 210 Å². The first kappa shape index (κ1) is 26.1. The molecule has 2 aromatic rings. The van der Waals surface area contributed by atoms with Crippen LogP contribution in [0.25, 0.3) is 0 Å². The molecule has 0 spiro atoms. The number of halogens is 3. The first-order valence-electron chi connectivity index (χ1n) is 11.6. The number of nitrogens with zero attached hydrogens (tertiary/aromatic N) is 2. The number of ether oxygens (including phenoxy) is 1. The zero-order valence-corrected chi connectivity index (χ0v) is 19.7. The third kappa shape index (κ3) is 5.58. The molecule has 0 radical (unpaired) electrons. The van der Waals surface area contributed by atoms with Gasteiger partial charge >= 0.3 is 11.9 Å². The van der Waals surface area contributed by atoms with E-state index in [2.05, 4.69) is 5.32 Å². The Balaban J connectivity index is 1.38. The molecule has 9 nitrogen and oxygen atoms in total.